The molecule has 1 aromatic carbocycles. The zero-order chi connectivity index (χ0) is 21.0. The van der Waals surface area contributed by atoms with E-state index in [2.05, 4.69) is 10.4 Å². The van der Waals surface area contributed by atoms with Gasteiger partial charge in [0.1, 0.15) is 17.7 Å². The number of carbonyl (C=O) groups excluding carboxylic acids is 2. The lowest BCUT2D eigenvalue weighted by molar-refractivity contribution is -0.151. The van der Waals surface area contributed by atoms with E-state index in [4.69, 9.17) is 9.47 Å². The molecule has 9 heteroatoms. The molecule has 1 aliphatic rings. The highest BCUT2D eigenvalue weighted by molar-refractivity contribution is 5.92. The Labute approximate surface area is 168 Å². The van der Waals surface area contributed by atoms with Gasteiger partial charge in [-0.1, -0.05) is 0 Å². The molecule has 156 valence electrons. The lowest BCUT2D eigenvalue weighted by Crippen LogP contribution is -2.51. The molecule has 0 spiro atoms. The van der Waals surface area contributed by atoms with E-state index in [1.54, 1.807) is 41.8 Å². The summed E-state index contributed by atoms with van der Waals surface area (Å²) in [6.45, 7) is 2.38. The van der Waals surface area contributed by atoms with E-state index in [9.17, 15) is 14.0 Å². The Morgan fingerprint density at radius 1 is 1.28 bits per heavy atom. The number of aromatic nitrogens is 2. The van der Waals surface area contributed by atoms with Crippen LogP contribution in [0.3, 0.4) is 0 Å². The van der Waals surface area contributed by atoms with E-state index in [-0.39, 0.29) is 30.3 Å². The lowest BCUT2D eigenvalue weighted by atomic mass is 9.99. The Bertz CT molecular complexity index is 868. The molecule has 8 nitrogen and oxygen atoms in total. The van der Waals surface area contributed by atoms with E-state index < -0.39 is 6.04 Å². The maximum atomic E-state index is 13.2. The van der Waals surface area contributed by atoms with E-state index in [1.807, 2.05) is 0 Å². The number of halogens is 1. The molecule has 0 unspecified atom stereocenters. The predicted octanol–water partition coefficient (Wildman–Crippen LogP) is 1.91. The van der Waals surface area contributed by atoms with Crippen LogP contribution in [0, 0.1) is 12.7 Å². The van der Waals surface area contributed by atoms with Crippen LogP contribution in [0.1, 0.15) is 18.5 Å². The van der Waals surface area contributed by atoms with Crippen LogP contribution < -0.4 is 5.32 Å². The molecule has 2 atom stereocenters. The minimum absolute atomic E-state index is 0.0316. The van der Waals surface area contributed by atoms with E-state index in [0.29, 0.717) is 30.2 Å². The molecule has 1 amide bonds. The fourth-order valence-corrected chi connectivity index (χ4v) is 3.50. The van der Waals surface area contributed by atoms with Gasteiger partial charge in [0, 0.05) is 19.7 Å². The second-order valence-corrected chi connectivity index (χ2v) is 7.00. The molecule has 1 aromatic heterocycles. The number of anilines is 1. The van der Waals surface area contributed by atoms with Crippen molar-refractivity contribution in [3.05, 3.63) is 41.8 Å². The van der Waals surface area contributed by atoms with Crippen molar-refractivity contribution in [2.24, 2.45) is 0 Å². The van der Waals surface area contributed by atoms with Gasteiger partial charge in [-0.15, -0.1) is 0 Å². The number of amides is 1. The molecular formula is C20H25FN4O4. The van der Waals surface area contributed by atoms with Crippen molar-refractivity contribution in [2.75, 3.05) is 32.6 Å². The molecule has 2 aromatic rings. The van der Waals surface area contributed by atoms with Crippen molar-refractivity contribution in [1.82, 2.24) is 14.7 Å². The highest BCUT2D eigenvalue weighted by Gasteiger charge is 2.35. The van der Waals surface area contributed by atoms with Crippen LogP contribution in [0.4, 0.5) is 10.2 Å². The average Bonchev–Trinajstić information content (AvgIpc) is 3.08. The summed E-state index contributed by atoms with van der Waals surface area (Å²) in [7, 11) is 2.95. The van der Waals surface area contributed by atoms with Crippen molar-refractivity contribution in [3.63, 3.8) is 0 Å². The van der Waals surface area contributed by atoms with Crippen LogP contribution in [0.15, 0.2) is 30.3 Å². The highest BCUT2D eigenvalue weighted by Crippen LogP contribution is 2.22. The predicted molar refractivity (Wildman–Crippen MR) is 104 cm³/mol. The average molecular weight is 404 g/mol. The van der Waals surface area contributed by atoms with Crippen LogP contribution in [0.25, 0.3) is 5.69 Å². The number of hydrogen-bond acceptors (Lipinski definition) is 6. The smallest absolute Gasteiger partial charge is 0.323 e. The van der Waals surface area contributed by atoms with Gasteiger partial charge in [0.05, 0.1) is 31.1 Å². The Morgan fingerprint density at radius 3 is 2.66 bits per heavy atom. The topological polar surface area (TPSA) is 85.7 Å². The van der Waals surface area contributed by atoms with Gasteiger partial charge in [-0.05, 0) is 44.0 Å². The standard InChI is InChI=1S/C20H25FN4O4/c1-13-10-18(25(23-13)15-6-4-14(21)5-7-15)22-19(26)12-24-9-8-16(28-2)11-17(24)20(27)29-3/h4-7,10,16-17H,8-9,11-12H2,1-3H3,(H,22,26)/t16-,17-/m1/s1. The van der Waals surface area contributed by atoms with Crippen LogP contribution >= 0.6 is 0 Å². The van der Waals surface area contributed by atoms with Gasteiger partial charge in [-0.2, -0.15) is 5.10 Å². The molecule has 3 rings (SSSR count). The second kappa shape index (κ2) is 9.15. The number of nitrogens with one attached hydrogen (secondary N) is 1. The molecule has 1 N–H and O–H groups in total. The van der Waals surface area contributed by atoms with Gasteiger partial charge in [-0.25, -0.2) is 9.07 Å². The third-order valence-electron chi connectivity index (χ3n) is 4.99. The largest absolute Gasteiger partial charge is 0.468 e. The number of ether oxygens (including phenoxy) is 2. The molecule has 1 saturated heterocycles. The number of carbonyl (C=O) groups is 2. The lowest BCUT2D eigenvalue weighted by Gasteiger charge is -2.36. The molecular weight excluding hydrogens is 379 g/mol. The third-order valence-corrected chi connectivity index (χ3v) is 4.99. The molecule has 2 heterocycles. The van der Waals surface area contributed by atoms with Crippen LogP contribution in [0.5, 0.6) is 0 Å². The van der Waals surface area contributed by atoms with Gasteiger partial charge in [0.15, 0.2) is 0 Å². The van der Waals surface area contributed by atoms with Crippen LogP contribution in [-0.2, 0) is 19.1 Å². The summed E-state index contributed by atoms with van der Waals surface area (Å²) in [6, 6.07) is 7.03. The monoisotopic (exact) mass is 404 g/mol. The summed E-state index contributed by atoms with van der Waals surface area (Å²) in [6.07, 6.45) is 1.16. The first kappa shape index (κ1) is 20.9. The van der Waals surface area contributed by atoms with Gasteiger partial charge < -0.3 is 14.8 Å². The fourth-order valence-electron chi connectivity index (χ4n) is 3.50. The SMILES string of the molecule is COC(=O)[C@H]1C[C@H](OC)CCN1CC(=O)Nc1cc(C)nn1-c1ccc(F)cc1. The maximum absolute atomic E-state index is 13.2. The van der Waals surface area contributed by atoms with Crippen molar-refractivity contribution in [3.8, 4) is 5.69 Å². The molecule has 0 saturated carbocycles. The molecule has 0 radical (unpaired) electrons. The summed E-state index contributed by atoms with van der Waals surface area (Å²) < 4.78 is 25.0. The maximum Gasteiger partial charge on any atom is 0.323 e. The quantitative estimate of drug-likeness (QED) is 0.741. The van der Waals surface area contributed by atoms with Gasteiger partial charge >= 0.3 is 5.97 Å². The summed E-state index contributed by atoms with van der Waals surface area (Å²) >= 11 is 0. The number of esters is 1. The fraction of sp³-hybridized carbons (Fsp3) is 0.450. The van der Waals surface area contributed by atoms with Gasteiger partial charge in [0.2, 0.25) is 5.91 Å². The van der Waals surface area contributed by atoms with E-state index in [1.165, 1.54) is 19.2 Å². The first-order chi connectivity index (χ1) is 13.9. The van der Waals surface area contributed by atoms with E-state index >= 15 is 0 Å². The molecule has 0 bridgehead atoms. The van der Waals surface area contributed by atoms with Crippen molar-refractivity contribution < 1.29 is 23.5 Å². The second-order valence-electron chi connectivity index (χ2n) is 7.00. The van der Waals surface area contributed by atoms with Crippen LogP contribution in [0.2, 0.25) is 0 Å². The number of aryl methyl sites for hydroxylation is 1. The molecule has 1 aliphatic heterocycles. The molecule has 0 aliphatic carbocycles. The number of rotatable bonds is 6. The Morgan fingerprint density at radius 2 is 2.00 bits per heavy atom. The van der Waals surface area contributed by atoms with Crippen LogP contribution in [-0.4, -0.2) is 66.0 Å². The summed E-state index contributed by atoms with van der Waals surface area (Å²) in [5, 5.41) is 7.20. The normalized spacial score (nSPS) is 19.7. The summed E-state index contributed by atoms with van der Waals surface area (Å²) in [4.78, 5) is 26.6. The summed E-state index contributed by atoms with van der Waals surface area (Å²) in [5.41, 5.74) is 1.33. The minimum Gasteiger partial charge on any atom is -0.468 e. The number of likely N-dealkylation sites (tertiary alicyclic amines) is 1. The first-order valence-corrected chi connectivity index (χ1v) is 9.38. The van der Waals surface area contributed by atoms with Gasteiger partial charge in [-0.3, -0.25) is 14.5 Å². The third kappa shape index (κ3) is 4.99. The Kier molecular flexibility index (Phi) is 6.60. The van der Waals surface area contributed by atoms with Crippen molar-refractivity contribution in [1.29, 1.82) is 0 Å². The van der Waals surface area contributed by atoms with Gasteiger partial charge in [0.25, 0.3) is 0 Å². The zero-order valence-corrected chi connectivity index (χ0v) is 16.7. The number of benzene rings is 1. The minimum atomic E-state index is -0.534. The zero-order valence-electron chi connectivity index (χ0n) is 16.7. The Hall–Kier alpha value is -2.78. The number of nitrogens with zero attached hydrogens (tertiary/aromatic N) is 3. The summed E-state index contributed by atoms with van der Waals surface area (Å²) in [5.74, 6) is -0.540. The first-order valence-electron chi connectivity index (χ1n) is 9.38. The number of piperidine rings is 1. The van der Waals surface area contributed by atoms with Crippen molar-refractivity contribution >= 4 is 17.7 Å². The highest BCUT2D eigenvalue weighted by atomic mass is 19.1. The molecule has 1 fully saturated rings. The number of methoxy groups -OCH3 is 2. The Balaban J connectivity index is 1.72. The molecule has 29 heavy (non-hydrogen) atoms. The number of hydrogen-bond donors (Lipinski definition) is 1. The van der Waals surface area contributed by atoms with E-state index in [0.717, 1.165) is 6.42 Å². The van der Waals surface area contributed by atoms with Crippen molar-refractivity contribution in [2.45, 2.75) is 31.9 Å².